The maximum atomic E-state index is 12.7. The van der Waals surface area contributed by atoms with E-state index in [1.807, 2.05) is 63.2 Å². The first-order valence-electron chi connectivity index (χ1n) is 11.6. The maximum absolute atomic E-state index is 12.7. The van der Waals surface area contributed by atoms with E-state index in [2.05, 4.69) is 16.2 Å². The van der Waals surface area contributed by atoms with Crippen LogP contribution in [0, 0.1) is 18.3 Å². The number of allylic oxidation sites excluding steroid dienone is 1. The van der Waals surface area contributed by atoms with Crippen LogP contribution in [-0.4, -0.2) is 22.2 Å². The smallest absolute Gasteiger partial charge is 0.343 e. The Bertz CT molecular complexity index is 1540. The molecule has 1 heterocycles. The van der Waals surface area contributed by atoms with Crippen LogP contribution in [0.15, 0.2) is 71.3 Å². The van der Waals surface area contributed by atoms with Gasteiger partial charge in [-0.3, -0.25) is 0 Å². The van der Waals surface area contributed by atoms with Gasteiger partial charge in [0.2, 0.25) is 5.82 Å². The van der Waals surface area contributed by atoms with Gasteiger partial charge in [0, 0.05) is 16.7 Å². The third kappa shape index (κ3) is 4.37. The van der Waals surface area contributed by atoms with Gasteiger partial charge in [0.15, 0.2) is 0 Å². The number of rotatable bonds is 6. The number of ether oxygens (including phenoxy) is 2. The fourth-order valence-electron chi connectivity index (χ4n) is 4.16. The van der Waals surface area contributed by atoms with E-state index in [9.17, 15) is 10.1 Å². The summed E-state index contributed by atoms with van der Waals surface area (Å²) in [6, 6.07) is 20.4. The van der Waals surface area contributed by atoms with E-state index in [1.165, 1.54) is 0 Å². The van der Waals surface area contributed by atoms with Gasteiger partial charge in [-0.2, -0.15) is 10.2 Å². The second-order valence-corrected chi connectivity index (χ2v) is 8.72. The molecule has 0 spiro atoms. The summed E-state index contributed by atoms with van der Waals surface area (Å²) in [6.07, 6.45) is 2.41. The molecule has 7 heteroatoms. The van der Waals surface area contributed by atoms with E-state index in [1.54, 1.807) is 24.3 Å². The number of esters is 1. The van der Waals surface area contributed by atoms with Gasteiger partial charge < -0.3 is 14.0 Å². The van der Waals surface area contributed by atoms with Crippen molar-refractivity contribution in [3.63, 3.8) is 0 Å². The zero-order valence-electron chi connectivity index (χ0n) is 20.1. The number of nitriles is 1. The largest absolute Gasteiger partial charge is 0.490 e. The first kappa shape index (κ1) is 23.1. The zero-order valence-corrected chi connectivity index (χ0v) is 20.1. The van der Waals surface area contributed by atoms with Gasteiger partial charge in [-0.25, -0.2) is 4.79 Å². The van der Waals surface area contributed by atoms with Crippen LogP contribution < -0.4 is 4.74 Å². The SMILES string of the molecule is Cc1ccccc1C(=O)OC1=CCc2c1cccc2-c1noc(-c2ccc(OC(C)C)c(C#N)c2)n1. The number of aromatic nitrogens is 2. The Morgan fingerprint density at radius 1 is 1.08 bits per heavy atom. The minimum absolute atomic E-state index is 0.0485. The molecule has 1 aliphatic rings. The Labute approximate surface area is 208 Å². The third-order valence-corrected chi connectivity index (χ3v) is 5.88. The van der Waals surface area contributed by atoms with Crippen molar-refractivity contribution in [2.75, 3.05) is 0 Å². The second kappa shape index (κ2) is 9.51. The standard InChI is InChI=1S/C29H23N3O4/c1-17(2)34-25-13-11-19(15-20(25)16-30)28-31-27(32-36-28)24-10-6-9-23-22(24)12-14-26(23)35-29(33)21-8-5-4-7-18(21)3/h4-11,13-15,17H,12H2,1-3H3. The molecular weight excluding hydrogens is 454 g/mol. The lowest BCUT2D eigenvalue weighted by Crippen LogP contribution is -2.06. The molecule has 0 fully saturated rings. The summed E-state index contributed by atoms with van der Waals surface area (Å²) >= 11 is 0. The summed E-state index contributed by atoms with van der Waals surface area (Å²) in [4.78, 5) is 17.3. The fourth-order valence-corrected chi connectivity index (χ4v) is 4.16. The van der Waals surface area contributed by atoms with Crippen LogP contribution in [0.4, 0.5) is 0 Å². The molecular formula is C29H23N3O4. The molecule has 36 heavy (non-hydrogen) atoms. The quantitative estimate of drug-likeness (QED) is 0.308. The van der Waals surface area contributed by atoms with Crippen molar-refractivity contribution in [1.29, 1.82) is 5.26 Å². The fraction of sp³-hybridized carbons (Fsp3) is 0.172. The highest BCUT2D eigenvalue weighted by atomic mass is 16.5. The van der Waals surface area contributed by atoms with Gasteiger partial charge in [0.05, 0.1) is 17.2 Å². The van der Waals surface area contributed by atoms with Crippen LogP contribution in [-0.2, 0) is 11.2 Å². The normalized spacial score (nSPS) is 12.1. The Morgan fingerprint density at radius 3 is 2.67 bits per heavy atom. The summed E-state index contributed by atoms with van der Waals surface area (Å²) < 4.78 is 17.0. The van der Waals surface area contributed by atoms with Crippen LogP contribution in [0.2, 0.25) is 0 Å². The molecule has 5 rings (SSSR count). The van der Waals surface area contributed by atoms with Crippen molar-refractivity contribution in [2.45, 2.75) is 33.3 Å². The second-order valence-electron chi connectivity index (χ2n) is 8.72. The molecule has 0 unspecified atom stereocenters. The highest BCUT2D eigenvalue weighted by Crippen LogP contribution is 2.36. The molecule has 0 atom stereocenters. The van der Waals surface area contributed by atoms with Crippen molar-refractivity contribution in [2.24, 2.45) is 0 Å². The van der Waals surface area contributed by atoms with E-state index >= 15 is 0 Å². The summed E-state index contributed by atoms with van der Waals surface area (Å²) in [6.45, 7) is 5.69. The summed E-state index contributed by atoms with van der Waals surface area (Å²) in [5.74, 6) is 1.35. The molecule has 178 valence electrons. The van der Waals surface area contributed by atoms with Gasteiger partial charge in [-0.05, 0) is 68.7 Å². The lowest BCUT2D eigenvalue weighted by molar-refractivity contribution is 0.0691. The van der Waals surface area contributed by atoms with Crippen LogP contribution >= 0.6 is 0 Å². The maximum Gasteiger partial charge on any atom is 0.343 e. The van der Waals surface area contributed by atoms with E-state index < -0.39 is 5.97 Å². The number of fused-ring (bicyclic) bond motifs is 1. The van der Waals surface area contributed by atoms with Gasteiger partial charge >= 0.3 is 5.97 Å². The predicted molar refractivity (Wildman–Crippen MR) is 134 cm³/mol. The average molecular weight is 478 g/mol. The zero-order chi connectivity index (χ0) is 25.2. The number of nitrogens with zero attached hydrogens (tertiary/aromatic N) is 3. The predicted octanol–water partition coefficient (Wildman–Crippen LogP) is 6.12. The highest BCUT2D eigenvalue weighted by Gasteiger charge is 2.24. The molecule has 7 nitrogen and oxygen atoms in total. The van der Waals surface area contributed by atoms with Crippen molar-refractivity contribution in [3.8, 4) is 34.7 Å². The summed E-state index contributed by atoms with van der Waals surface area (Å²) in [5, 5.41) is 13.7. The van der Waals surface area contributed by atoms with Crippen molar-refractivity contribution in [3.05, 3.63) is 94.6 Å². The first-order chi connectivity index (χ1) is 17.4. The Morgan fingerprint density at radius 2 is 1.89 bits per heavy atom. The number of benzene rings is 3. The molecule has 3 aromatic carbocycles. The summed E-state index contributed by atoms with van der Waals surface area (Å²) in [7, 11) is 0. The lowest BCUT2D eigenvalue weighted by atomic mass is 10.0. The minimum Gasteiger partial charge on any atom is -0.490 e. The van der Waals surface area contributed by atoms with E-state index in [0.29, 0.717) is 46.3 Å². The Hall–Kier alpha value is -4.70. The molecule has 1 aromatic heterocycles. The number of aryl methyl sites for hydroxylation is 1. The van der Waals surface area contributed by atoms with Gasteiger partial charge in [-0.1, -0.05) is 41.6 Å². The molecule has 0 saturated heterocycles. The molecule has 0 radical (unpaired) electrons. The average Bonchev–Trinajstić information content (AvgIpc) is 3.52. The van der Waals surface area contributed by atoms with Crippen LogP contribution in [0.5, 0.6) is 5.75 Å². The topological polar surface area (TPSA) is 98.2 Å². The molecule has 0 N–H and O–H groups in total. The van der Waals surface area contributed by atoms with Crippen molar-refractivity contribution < 1.29 is 18.8 Å². The molecule has 0 amide bonds. The highest BCUT2D eigenvalue weighted by molar-refractivity contribution is 5.95. The van der Waals surface area contributed by atoms with E-state index in [4.69, 9.17) is 14.0 Å². The molecule has 0 bridgehead atoms. The molecule has 0 saturated carbocycles. The number of hydrogen-bond acceptors (Lipinski definition) is 7. The Kier molecular flexibility index (Phi) is 6.09. The number of hydrogen-bond donors (Lipinski definition) is 0. The molecule has 4 aromatic rings. The molecule has 1 aliphatic carbocycles. The van der Waals surface area contributed by atoms with Crippen LogP contribution in [0.3, 0.4) is 0 Å². The van der Waals surface area contributed by atoms with E-state index in [-0.39, 0.29) is 6.10 Å². The van der Waals surface area contributed by atoms with Crippen LogP contribution in [0.25, 0.3) is 28.6 Å². The summed E-state index contributed by atoms with van der Waals surface area (Å²) in [5.41, 5.74) is 4.98. The van der Waals surface area contributed by atoms with Gasteiger partial charge in [0.25, 0.3) is 5.89 Å². The van der Waals surface area contributed by atoms with Crippen LogP contribution in [0.1, 0.15) is 46.5 Å². The number of carbonyl (C=O) groups excluding carboxylic acids is 1. The van der Waals surface area contributed by atoms with Gasteiger partial charge in [0.1, 0.15) is 17.6 Å². The Balaban J connectivity index is 1.41. The first-order valence-corrected chi connectivity index (χ1v) is 11.6. The minimum atomic E-state index is -0.391. The van der Waals surface area contributed by atoms with Crippen molar-refractivity contribution in [1.82, 2.24) is 10.1 Å². The molecule has 0 aliphatic heterocycles. The monoisotopic (exact) mass is 477 g/mol. The van der Waals surface area contributed by atoms with Gasteiger partial charge in [-0.15, -0.1) is 0 Å². The lowest BCUT2D eigenvalue weighted by Gasteiger charge is -2.11. The third-order valence-electron chi connectivity index (χ3n) is 5.88. The number of carbonyl (C=O) groups is 1. The van der Waals surface area contributed by atoms with E-state index in [0.717, 1.165) is 22.3 Å². The van der Waals surface area contributed by atoms with Crippen molar-refractivity contribution >= 4 is 11.7 Å².